The van der Waals surface area contributed by atoms with Gasteiger partial charge in [-0.05, 0) is 18.2 Å². The highest BCUT2D eigenvalue weighted by molar-refractivity contribution is 7.92. The van der Waals surface area contributed by atoms with Gasteiger partial charge in [0.15, 0.2) is 0 Å². The fourth-order valence-corrected chi connectivity index (χ4v) is 4.03. The summed E-state index contributed by atoms with van der Waals surface area (Å²) in [6.07, 6.45) is 0.00212. The lowest BCUT2D eigenvalue weighted by molar-refractivity contribution is -0.137. The molecule has 0 bridgehead atoms. The van der Waals surface area contributed by atoms with Crippen molar-refractivity contribution in [1.82, 2.24) is 19.9 Å². The monoisotopic (exact) mass is 538 g/mol. The lowest BCUT2D eigenvalue weighted by atomic mass is 10.2. The zero-order chi connectivity index (χ0) is 26.6. The minimum atomic E-state index is -4.72. The van der Waals surface area contributed by atoms with Gasteiger partial charge in [-0.2, -0.15) is 18.2 Å². The van der Waals surface area contributed by atoms with Gasteiger partial charge in [-0.1, -0.05) is 6.07 Å². The Hall–Kier alpha value is -3.72. The van der Waals surface area contributed by atoms with Crippen LogP contribution in [0, 0.1) is 0 Å². The summed E-state index contributed by atoms with van der Waals surface area (Å²) in [5.74, 6) is -0.136. The van der Waals surface area contributed by atoms with Crippen molar-refractivity contribution in [2.75, 3.05) is 59.4 Å². The molecule has 15 heteroatoms. The number of sulfonamides is 1. The largest absolute Gasteiger partial charge is 0.421 e. The van der Waals surface area contributed by atoms with E-state index in [1.54, 1.807) is 24.4 Å². The van der Waals surface area contributed by atoms with Crippen molar-refractivity contribution in [1.29, 1.82) is 0 Å². The number of ether oxygens (including phenoxy) is 1. The Kier molecular flexibility index (Phi) is 7.63. The summed E-state index contributed by atoms with van der Waals surface area (Å²) in [4.78, 5) is 18.3. The van der Waals surface area contributed by atoms with Gasteiger partial charge in [0.25, 0.3) is 0 Å². The molecular weight excluding hydrogens is 513 g/mol. The first-order valence-corrected chi connectivity index (χ1v) is 13.0. The fraction of sp³-hybridized carbons (Fsp3) is 0.364. The molecule has 2 N–H and O–H groups in total. The third kappa shape index (κ3) is 6.54. The maximum atomic E-state index is 13.7. The van der Waals surface area contributed by atoms with E-state index in [2.05, 4.69) is 35.5 Å². The highest BCUT2D eigenvalue weighted by Crippen LogP contribution is 2.34. The molecule has 3 aromatic rings. The van der Waals surface area contributed by atoms with E-state index in [1.807, 2.05) is 6.07 Å². The third-order valence-corrected chi connectivity index (χ3v) is 6.74. The number of hydrogen-bond donors (Lipinski definition) is 2. The molecule has 0 atom stereocenters. The summed E-state index contributed by atoms with van der Waals surface area (Å²) in [5.41, 5.74) is 0.184. The molecule has 0 unspecified atom stereocenters. The maximum Gasteiger partial charge on any atom is 0.421 e. The number of alkyl halides is 3. The van der Waals surface area contributed by atoms with Crippen LogP contribution in [-0.2, 0) is 27.5 Å². The van der Waals surface area contributed by atoms with Crippen LogP contribution in [0.5, 0.6) is 0 Å². The molecule has 0 saturated carbocycles. The number of hydrogen-bond acceptors (Lipinski definition) is 10. The van der Waals surface area contributed by atoms with Gasteiger partial charge in [0.1, 0.15) is 23.0 Å². The molecule has 1 aliphatic heterocycles. The predicted molar refractivity (Wildman–Crippen MR) is 132 cm³/mol. The van der Waals surface area contributed by atoms with Crippen LogP contribution in [0.3, 0.4) is 0 Å². The summed E-state index contributed by atoms with van der Waals surface area (Å²) in [6.45, 7) is 2.56. The molecule has 37 heavy (non-hydrogen) atoms. The average Bonchev–Trinajstić information content (AvgIpc) is 2.87. The first kappa shape index (κ1) is 26.3. The molecule has 1 aliphatic rings. The zero-order valence-corrected chi connectivity index (χ0v) is 20.8. The van der Waals surface area contributed by atoms with Crippen molar-refractivity contribution in [3.63, 3.8) is 0 Å². The number of rotatable bonds is 8. The van der Waals surface area contributed by atoms with Gasteiger partial charge >= 0.3 is 6.18 Å². The van der Waals surface area contributed by atoms with Crippen molar-refractivity contribution in [2.24, 2.45) is 0 Å². The van der Waals surface area contributed by atoms with Crippen LogP contribution in [0.1, 0.15) is 11.1 Å². The number of anilines is 5. The standard InChI is InChI=1S/C22H25F3N8O3S/c1-32(37(2,34)35)20-15(4-3-7-26-20)12-28-19-17(22(23,24)25)14-29-21(31-19)30-18-6-5-16(13-27-18)33-8-10-36-11-9-33/h3-7,13-14H,8-12H2,1-2H3,(H2,27,28,29,30,31). The second-order valence-electron chi connectivity index (χ2n) is 8.15. The fourth-order valence-electron chi connectivity index (χ4n) is 3.56. The Morgan fingerprint density at radius 3 is 2.51 bits per heavy atom. The molecule has 4 rings (SSSR count). The van der Waals surface area contributed by atoms with Gasteiger partial charge in [0.2, 0.25) is 16.0 Å². The number of pyridine rings is 2. The normalized spacial score (nSPS) is 14.4. The highest BCUT2D eigenvalue weighted by atomic mass is 32.2. The molecule has 3 aromatic heterocycles. The van der Waals surface area contributed by atoms with Crippen LogP contribution < -0.4 is 19.8 Å². The van der Waals surface area contributed by atoms with Crippen molar-refractivity contribution in [3.8, 4) is 0 Å². The van der Waals surface area contributed by atoms with Gasteiger partial charge in [0.05, 0.1) is 31.4 Å². The smallest absolute Gasteiger partial charge is 0.378 e. The molecule has 1 fully saturated rings. The third-order valence-electron chi connectivity index (χ3n) is 5.57. The number of aromatic nitrogens is 4. The maximum absolute atomic E-state index is 13.7. The van der Waals surface area contributed by atoms with Crippen molar-refractivity contribution in [3.05, 3.63) is 54.0 Å². The SMILES string of the molecule is CN(c1ncccc1CNc1nc(Nc2ccc(N3CCOCC3)cn2)ncc1C(F)(F)F)S(C)(=O)=O. The van der Waals surface area contributed by atoms with E-state index < -0.39 is 27.6 Å². The Morgan fingerprint density at radius 1 is 1.11 bits per heavy atom. The van der Waals surface area contributed by atoms with E-state index in [4.69, 9.17) is 4.74 Å². The molecule has 0 radical (unpaired) electrons. The van der Waals surface area contributed by atoms with Gasteiger partial charge in [-0.15, -0.1) is 0 Å². The van der Waals surface area contributed by atoms with E-state index in [9.17, 15) is 21.6 Å². The lowest BCUT2D eigenvalue weighted by Gasteiger charge is -2.28. The number of nitrogens with zero attached hydrogens (tertiary/aromatic N) is 6. The second kappa shape index (κ2) is 10.7. The minimum Gasteiger partial charge on any atom is -0.378 e. The minimum absolute atomic E-state index is 0.0861. The quantitative estimate of drug-likeness (QED) is 0.442. The molecule has 11 nitrogen and oxygen atoms in total. The molecule has 198 valence electrons. The summed E-state index contributed by atoms with van der Waals surface area (Å²) >= 11 is 0. The van der Waals surface area contributed by atoms with Crippen molar-refractivity contribution < 1.29 is 26.3 Å². The number of nitrogens with one attached hydrogen (secondary N) is 2. The first-order chi connectivity index (χ1) is 17.5. The van der Waals surface area contributed by atoms with Gasteiger partial charge in [0, 0.05) is 44.6 Å². The number of morpholine rings is 1. The van der Waals surface area contributed by atoms with E-state index in [1.165, 1.54) is 13.2 Å². The van der Waals surface area contributed by atoms with Gasteiger partial charge in [-0.3, -0.25) is 4.31 Å². The van der Waals surface area contributed by atoms with E-state index in [0.717, 1.165) is 29.3 Å². The van der Waals surface area contributed by atoms with Crippen LogP contribution in [0.25, 0.3) is 0 Å². The van der Waals surface area contributed by atoms with Gasteiger partial charge in [-0.25, -0.2) is 23.4 Å². The highest BCUT2D eigenvalue weighted by Gasteiger charge is 2.35. The predicted octanol–water partition coefficient (Wildman–Crippen LogP) is 2.87. The molecule has 0 amide bonds. The van der Waals surface area contributed by atoms with Crippen molar-refractivity contribution >= 4 is 39.1 Å². The Labute approximate surface area is 211 Å². The van der Waals surface area contributed by atoms with Gasteiger partial charge < -0.3 is 20.3 Å². The van der Waals surface area contributed by atoms with Crippen LogP contribution in [0.4, 0.5) is 42.3 Å². The van der Waals surface area contributed by atoms with Crippen molar-refractivity contribution in [2.45, 2.75) is 12.7 Å². The number of halogens is 3. The summed E-state index contributed by atoms with van der Waals surface area (Å²) in [6, 6.07) is 6.64. The summed E-state index contributed by atoms with van der Waals surface area (Å²) < 4.78 is 71.1. The topological polar surface area (TPSA) is 125 Å². The molecule has 0 aliphatic carbocycles. The molecule has 4 heterocycles. The van der Waals surface area contributed by atoms with Crippen LogP contribution in [0.15, 0.2) is 42.9 Å². The molecule has 0 spiro atoms. The Bertz CT molecular complexity index is 1330. The van der Waals surface area contributed by atoms with Crippen LogP contribution >= 0.6 is 0 Å². The van der Waals surface area contributed by atoms with E-state index in [-0.39, 0.29) is 18.3 Å². The summed E-state index contributed by atoms with van der Waals surface area (Å²) in [5, 5.41) is 5.47. The van der Waals surface area contributed by atoms with Crippen LogP contribution in [0.2, 0.25) is 0 Å². The average molecular weight is 539 g/mol. The zero-order valence-electron chi connectivity index (χ0n) is 20.0. The Morgan fingerprint density at radius 2 is 1.86 bits per heavy atom. The first-order valence-electron chi connectivity index (χ1n) is 11.1. The molecule has 0 aromatic carbocycles. The lowest BCUT2D eigenvalue weighted by Crippen LogP contribution is -2.36. The van der Waals surface area contributed by atoms with E-state index >= 15 is 0 Å². The second-order valence-corrected chi connectivity index (χ2v) is 10.2. The summed E-state index contributed by atoms with van der Waals surface area (Å²) in [7, 11) is -2.32. The molecule has 1 saturated heterocycles. The van der Waals surface area contributed by atoms with Crippen LogP contribution in [-0.4, -0.2) is 68.0 Å². The van der Waals surface area contributed by atoms with E-state index in [0.29, 0.717) is 30.8 Å². The Balaban J connectivity index is 1.55. The molecular formula is C22H25F3N8O3S.